The number of methoxy groups -OCH3 is 1. The van der Waals surface area contributed by atoms with E-state index < -0.39 is 0 Å². The molecule has 5 nitrogen and oxygen atoms in total. The number of carbonyl (C=O) groups is 1. The zero-order valence-electron chi connectivity index (χ0n) is 12.3. The summed E-state index contributed by atoms with van der Waals surface area (Å²) in [5.41, 5.74) is 2.54. The lowest BCUT2D eigenvalue weighted by Crippen LogP contribution is -2.11. The Morgan fingerprint density at radius 2 is 1.76 bits per heavy atom. The first-order valence-electron chi connectivity index (χ1n) is 6.52. The fraction of sp³-hybridized carbons (Fsp3) is 0.188. The maximum Gasteiger partial charge on any atom is 0.250 e. The number of nitrogens with one attached hydrogen (secondary N) is 1. The van der Waals surface area contributed by atoms with Crippen LogP contribution in [0.3, 0.4) is 0 Å². The van der Waals surface area contributed by atoms with Crippen LogP contribution in [0.5, 0.6) is 5.75 Å². The minimum absolute atomic E-state index is 0.268. The molecule has 0 saturated carbocycles. The van der Waals surface area contributed by atoms with Gasteiger partial charge in [-0.15, -0.1) is 0 Å². The van der Waals surface area contributed by atoms with Crippen molar-refractivity contribution in [3.05, 3.63) is 53.4 Å². The first-order valence-corrected chi connectivity index (χ1v) is 6.52. The molecule has 1 amide bonds. The van der Waals surface area contributed by atoms with E-state index in [1.165, 1.54) is 6.08 Å². The van der Waals surface area contributed by atoms with Crippen LogP contribution in [0.15, 0.2) is 36.4 Å². The van der Waals surface area contributed by atoms with Crippen molar-refractivity contribution in [2.45, 2.75) is 13.8 Å². The molecule has 0 spiro atoms. The molecule has 0 aliphatic carbocycles. The number of nitrogens with zero attached hydrogens (tertiary/aromatic N) is 2. The lowest BCUT2D eigenvalue weighted by Gasteiger charge is -2.03. The number of amides is 1. The zero-order valence-corrected chi connectivity index (χ0v) is 12.3. The summed E-state index contributed by atoms with van der Waals surface area (Å²) in [7, 11) is 1.61. The number of hydrogen-bond acceptors (Lipinski definition) is 4. The first-order chi connectivity index (χ1) is 10.1. The van der Waals surface area contributed by atoms with Crippen LogP contribution >= 0.6 is 0 Å². The van der Waals surface area contributed by atoms with E-state index in [1.807, 2.05) is 44.2 Å². The van der Waals surface area contributed by atoms with Gasteiger partial charge in [-0.2, -0.15) is 0 Å². The molecule has 0 radical (unpaired) electrons. The highest BCUT2D eigenvalue weighted by atomic mass is 16.5. The average Bonchev–Trinajstić information content (AvgIpc) is 2.44. The van der Waals surface area contributed by atoms with Crippen molar-refractivity contribution < 1.29 is 9.53 Å². The largest absolute Gasteiger partial charge is 0.497 e. The van der Waals surface area contributed by atoms with Crippen molar-refractivity contribution in [2.75, 3.05) is 12.4 Å². The molecule has 1 heterocycles. The van der Waals surface area contributed by atoms with Gasteiger partial charge in [0.05, 0.1) is 7.11 Å². The molecule has 1 N–H and O–H groups in total. The van der Waals surface area contributed by atoms with E-state index in [9.17, 15) is 4.79 Å². The smallest absolute Gasteiger partial charge is 0.250 e. The SMILES string of the molecule is COc1ccc(C=CC(=O)Nc2nc(C)cc(C)n2)cc1. The Morgan fingerprint density at radius 1 is 1.14 bits per heavy atom. The topological polar surface area (TPSA) is 64.1 Å². The van der Waals surface area contributed by atoms with Gasteiger partial charge in [-0.25, -0.2) is 9.97 Å². The fourth-order valence-electron chi connectivity index (χ4n) is 1.82. The molecule has 2 rings (SSSR count). The Hall–Kier alpha value is -2.69. The summed E-state index contributed by atoms with van der Waals surface area (Å²) in [6, 6.07) is 9.27. The molecule has 21 heavy (non-hydrogen) atoms. The molecule has 1 aromatic heterocycles. The van der Waals surface area contributed by atoms with Crippen molar-refractivity contribution in [1.29, 1.82) is 0 Å². The van der Waals surface area contributed by atoms with E-state index in [0.29, 0.717) is 5.95 Å². The van der Waals surface area contributed by atoms with Crippen LogP contribution in [0.1, 0.15) is 17.0 Å². The minimum Gasteiger partial charge on any atom is -0.497 e. The zero-order chi connectivity index (χ0) is 15.2. The number of carbonyl (C=O) groups excluding carboxylic acids is 1. The number of rotatable bonds is 4. The maximum absolute atomic E-state index is 11.8. The van der Waals surface area contributed by atoms with Gasteiger partial charge in [-0.1, -0.05) is 12.1 Å². The van der Waals surface area contributed by atoms with Gasteiger partial charge in [0.2, 0.25) is 5.95 Å². The van der Waals surface area contributed by atoms with Crippen molar-refractivity contribution in [2.24, 2.45) is 0 Å². The van der Waals surface area contributed by atoms with Gasteiger partial charge in [0.25, 0.3) is 5.91 Å². The number of hydrogen-bond donors (Lipinski definition) is 1. The van der Waals surface area contributed by atoms with Crippen LogP contribution in [-0.4, -0.2) is 23.0 Å². The molecule has 108 valence electrons. The third-order valence-electron chi connectivity index (χ3n) is 2.76. The van der Waals surface area contributed by atoms with Crippen LogP contribution in [-0.2, 0) is 4.79 Å². The Kier molecular flexibility index (Phi) is 4.66. The van der Waals surface area contributed by atoms with E-state index in [4.69, 9.17) is 4.74 Å². The molecule has 1 aromatic carbocycles. The fourth-order valence-corrected chi connectivity index (χ4v) is 1.82. The molecule has 2 aromatic rings. The summed E-state index contributed by atoms with van der Waals surface area (Å²) < 4.78 is 5.08. The first kappa shape index (κ1) is 14.7. The molecule has 0 aliphatic heterocycles. The van der Waals surface area contributed by atoms with Crippen molar-refractivity contribution in [3.8, 4) is 5.75 Å². The highest BCUT2D eigenvalue weighted by Gasteiger charge is 2.02. The van der Waals surface area contributed by atoms with Crippen LogP contribution in [0.4, 0.5) is 5.95 Å². The Labute approximate surface area is 123 Å². The van der Waals surface area contributed by atoms with Gasteiger partial charge in [0, 0.05) is 17.5 Å². The number of benzene rings is 1. The lowest BCUT2D eigenvalue weighted by atomic mass is 10.2. The number of ether oxygens (including phenoxy) is 1. The molecule has 0 atom stereocenters. The average molecular weight is 283 g/mol. The summed E-state index contributed by atoms with van der Waals surface area (Å²) in [6.45, 7) is 3.72. The second kappa shape index (κ2) is 6.65. The number of anilines is 1. The van der Waals surface area contributed by atoms with Crippen LogP contribution in [0, 0.1) is 13.8 Å². The van der Waals surface area contributed by atoms with Gasteiger partial charge in [0.1, 0.15) is 5.75 Å². The summed E-state index contributed by atoms with van der Waals surface area (Å²) in [4.78, 5) is 20.1. The van der Waals surface area contributed by atoms with E-state index in [0.717, 1.165) is 22.7 Å². The number of aromatic nitrogens is 2. The normalized spacial score (nSPS) is 10.6. The third kappa shape index (κ3) is 4.42. The molecular weight excluding hydrogens is 266 g/mol. The van der Waals surface area contributed by atoms with Gasteiger partial charge < -0.3 is 4.74 Å². The van der Waals surface area contributed by atoms with Gasteiger partial charge >= 0.3 is 0 Å². The molecule has 0 aliphatic rings. The maximum atomic E-state index is 11.8. The van der Waals surface area contributed by atoms with Crippen molar-refractivity contribution in [1.82, 2.24) is 9.97 Å². The molecule has 0 bridgehead atoms. The number of aryl methyl sites for hydroxylation is 2. The Balaban J connectivity index is 2.01. The van der Waals surface area contributed by atoms with E-state index in [-0.39, 0.29) is 5.91 Å². The Morgan fingerprint density at radius 3 is 2.33 bits per heavy atom. The monoisotopic (exact) mass is 283 g/mol. The Bertz CT molecular complexity index is 643. The van der Waals surface area contributed by atoms with Crippen LogP contribution < -0.4 is 10.1 Å². The molecule has 0 saturated heterocycles. The quantitative estimate of drug-likeness (QED) is 0.876. The van der Waals surface area contributed by atoms with E-state index in [1.54, 1.807) is 13.2 Å². The predicted octanol–water partition coefficient (Wildman–Crippen LogP) is 2.75. The second-order valence-corrected chi connectivity index (χ2v) is 4.57. The predicted molar refractivity (Wildman–Crippen MR) is 82.2 cm³/mol. The van der Waals surface area contributed by atoms with Gasteiger partial charge in [-0.05, 0) is 43.7 Å². The molecule has 5 heteroatoms. The van der Waals surface area contributed by atoms with Crippen molar-refractivity contribution >= 4 is 17.9 Å². The second-order valence-electron chi connectivity index (χ2n) is 4.57. The highest BCUT2D eigenvalue weighted by Crippen LogP contribution is 2.12. The van der Waals surface area contributed by atoms with E-state index >= 15 is 0 Å². The summed E-state index contributed by atoms with van der Waals surface area (Å²) >= 11 is 0. The summed E-state index contributed by atoms with van der Waals surface area (Å²) in [5, 5.41) is 2.64. The van der Waals surface area contributed by atoms with E-state index in [2.05, 4.69) is 15.3 Å². The summed E-state index contributed by atoms with van der Waals surface area (Å²) in [6.07, 6.45) is 3.17. The van der Waals surface area contributed by atoms with Gasteiger partial charge in [0.15, 0.2) is 0 Å². The molecule has 0 fully saturated rings. The summed E-state index contributed by atoms with van der Waals surface area (Å²) in [5.74, 6) is 0.827. The third-order valence-corrected chi connectivity index (χ3v) is 2.76. The molecular formula is C16H17N3O2. The highest BCUT2D eigenvalue weighted by molar-refractivity contribution is 6.00. The minimum atomic E-state index is -0.268. The van der Waals surface area contributed by atoms with Gasteiger partial charge in [-0.3, -0.25) is 10.1 Å². The van der Waals surface area contributed by atoms with Crippen LogP contribution in [0.2, 0.25) is 0 Å². The standard InChI is InChI=1S/C16H17N3O2/c1-11-10-12(2)18-16(17-11)19-15(20)9-6-13-4-7-14(21-3)8-5-13/h4-10H,1-3H3,(H,17,18,19,20). The van der Waals surface area contributed by atoms with Crippen molar-refractivity contribution in [3.63, 3.8) is 0 Å². The molecule has 0 unspecified atom stereocenters. The lowest BCUT2D eigenvalue weighted by molar-refractivity contribution is -0.111. The van der Waals surface area contributed by atoms with Crippen LogP contribution in [0.25, 0.3) is 6.08 Å².